The van der Waals surface area contributed by atoms with Crippen molar-refractivity contribution >= 4 is 54.9 Å². The minimum atomic E-state index is -1.28. The molecule has 0 saturated carbocycles. The van der Waals surface area contributed by atoms with Crippen molar-refractivity contribution in [1.29, 1.82) is 0 Å². The van der Waals surface area contributed by atoms with Crippen molar-refractivity contribution in [2.24, 2.45) is 22.2 Å². The van der Waals surface area contributed by atoms with Gasteiger partial charge in [0.1, 0.15) is 23.9 Å². The van der Waals surface area contributed by atoms with Crippen molar-refractivity contribution in [3.05, 3.63) is 29.8 Å². The highest BCUT2D eigenvalue weighted by Crippen LogP contribution is 2.11. The highest BCUT2D eigenvalue weighted by Gasteiger charge is 2.29. The van der Waals surface area contributed by atoms with Crippen LogP contribution in [0.5, 0.6) is 5.75 Å². The molecule has 0 aliphatic carbocycles. The second-order valence-electron chi connectivity index (χ2n) is 7.81. The second kappa shape index (κ2) is 15.7. The van der Waals surface area contributed by atoms with Crippen molar-refractivity contribution in [2.45, 2.75) is 43.4 Å². The standard InChI is InChI=1S/C21H33N7O6S2/c22-13(8-11-3-5-12(29)6-4-11)17(30)26-14(2-1-7-25-21(23)24)18(31)27-15(9-35)19(32)28-16(10-36)20(33)34/h3-6,13-16,29,35-36H,1-2,7-10,22H2,(H,26,30)(H,27,31)(H,28,32)(H,33,34)(H4,23,24,25). The molecule has 0 aromatic heterocycles. The van der Waals surface area contributed by atoms with E-state index in [0.717, 1.165) is 0 Å². The fourth-order valence-electron chi connectivity index (χ4n) is 2.95. The van der Waals surface area contributed by atoms with Gasteiger partial charge in [0.05, 0.1) is 6.04 Å². The summed E-state index contributed by atoms with van der Waals surface area (Å²) in [5.41, 5.74) is 17.3. The predicted octanol–water partition coefficient (Wildman–Crippen LogP) is -2.29. The first-order valence-electron chi connectivity index (χ1n) is 10.9. The van der Waals surface area contributed by atoms with Gasteiger partial charge >= 0.3 is 5.97 Å². The third kappa shape index (κ3) is 11.0. The van der Waals surface area contributed by atoms with Crippen molar-refractivity contribution in [3.8, 4) is 5.75 Å². The summed E-state index contributed by atoms with van der Waals surface area (Å²) in [6.07, 6.45) is 0.591. The van der Waals surface area contributed by atoms with Crippen LogP contribution in [0.25, 0.3) is 0 Å². The minimum Gasteiger partial charge on any atom is -0.508 e. The van der Waals surface area contributed by atoms with Gasteiger partial charge < -0.3 is 43.4 Å². The molecule has 1 aromatic rings. The normalized spacial score (nSPS) is 14.0. The Morgan fingerprint density at radius 3 is 1.94 bits per heavy atom. The number of rotatable bonds is 15. The van der Waals surface area contributed by atoms with Crippen LogP contribution in [-0.4, -0.2) is 82.1 Å². The molecule has 0 heterocycles. The van der Waals surface area contributed by atoms with Gasteiger partial charge in [-0.3, -0.25) is 19.4 Å². The molecule has 4 atom stereocenters. The Kier molecular flexibility index (Phi) is 13.5. The Bertz CT molecular complexity index is 928. The Morgan fingerprint density at radius 1 is 0.889 bits per heavy atom. The number of carboxylic acids is 1. The number of phenolic OH excluding ortho intramolecular Hbond substituents is 1. The van der Waals surface area contributed by atoms with E-state index in [1.54, 1.807) is 12.1 Å². The number of guanidine groups is 1. The highest BCUT2D eigenvalue weighted by atomic mass is 32.1. The van der Waals surface area contributed by atoms with Crippen molar-refractivity contribution in [1.82, 2.24) is 16.0 Å². The molecule has 0 aliphatic rings. The van der Waals surface area contributed by atoms with E-state index in [-0.39, 0.29) is 42.6 Å². The zero-order chi connectivity index (χ0) is 27.3. The third-order valence-corrected chi connectivity index (χ3v) is 5.65. The zero-order valence-electron chi connectivity index (χ0n) is 19.5. The number of nitrogens with zero attached hydrogens (tertiary/aromatic N) is 1. The number of thiol groups is 2. The van der Waals surface area contributed by atoms with Crippen LogP contribution in [0, 0.1) is 0 Å². The van der Waals surface area contributed by atoms with Crippen LogP contribution in [0.15, 0.2) is 29.3 Å². The maximum absolute atomic E-state index is 13.0. The topological polar surface area (TPSA) is 235 Å². The number of aliphatic imine (C=N–C) groups is 1. The monoisotopic (exact) mass is 543 g/mol. The van der Waals surface area contributed by atoms with E-state index < -0.39 is 47.9 Å². The molecule has 36 heavy (non-hydrogen) atoms. The van der Waals surface area contributed by atoms with Gasteiger partial charge in [0.25, 0.3) is 0 Å². The van der Waals surface area contributed by atoms with Crippen LogP contribution < -0.4 is 33.2 Å². The molecule has 0 aliphatic heterocycles. The Balaban J connectivity index is 2.90. The van der Waals surface area contributed by atoms with E-state index in [1.807, 2.05) is 0 Å². The molecule has 0 fully saturated rings. The largest absolute Gasteiger partial charge is 0.508 e. The van der Waals surface area contributed by atoms with Gasteiger partial charge in [-0.2, -0.15) is 25.3 Å². The Hall–Kier alpha value is -3.17. The summed E-state index contributed by atoms with van der Waals surface area (Å²) in [7, 11) is 0. The number of hydrogen-bond donors (Lipinski definition) is 10. The number of hydrogen-bond acceptors (Lipinski definition) is 9. The molecule has 13 nitrogen and oxygen atoms in total. The van der Waals surface area contributed by atoms with Gasteiger partial charge in [0.15, 0.2) is 5.96 Å². The van der Waals surface area contributed by atoms with E-state index in [9.17, 15) is 24.3 Å². The molecule has 0 saturated heterocycles. The molecule has 15 heteroatoms. The van der Waals surface area contributed by atoms with E-state index in [0.29, 0.717) is 12.0 Å². The molecule has 0 spiro atoms. The molecule has 1 rings (SSSR count). The average Bonchev–Trinajstić information content (AvgIpc) is 2.83. The number of phenols is 1. The Labute approximate surface area is 219 Å². The summed E-state index contributed by atoms with van der Waals surface area (Å²) < 4.78 is 0. The second-order valence-corrected chi connectivity index (χ2v) is 8.54. The molecule has 3 amide bonds. The van der Waals surface area contributed by atoms with Crippen LogP contribution in [0.1, 0.15) is 18.4 Å². The first-order valence-corrected chi connectivity index (χ1v) is 12.2. The number of carbonyl (C=O) groups excluding carboxylic acids is 3. The fourth-order valence-corrected chi connectivity index (χ4v) is 3.46. The molecular weight excluding hydrogens is 510 g/mol. The number of aromatic hydroxyl groups is 1. The van der Waals surface area contributed by atoms with Gasteiger partial charge in [0.2, 0.25) is 17.7 Å². The molecule has 4 unspecified atom stereocenters. The number of benzene rings is 1. The summed E-state index contributed by atoms with van der Waals surface area (Å²) in [5, 5.41) is 25.8. The summed E-state index contributed by atoms with van der Waals surface area (Å²) in [5.74, 6) is -3.71. The lowest BCUT2D eigenvalue weighted by molar-refractivity contribution is -0.141. The van der Waals surface area contributed by atoms with E-state index in [4.69, 9.17) is 22.3 Å². The van der Waals surface area contributed by atoms with Crippen molar-refractivity contribution in [3.63, 3.8) is 0 Å². The van der Waals surface area contributed by atoms with Crippen molar-refractivity contribution < 1.29 is 29.4 Å². The number of aliphatic carboxylic acids is 1. The van der Waals surface area contributed by atoms with Crippen LogP contribution in [0.4, 0.5) is 0 Å². The summed E-state index contributed by atoms with van der Waals surface area (Å²) in [4.78, 5) is 53.1. The lowest BCUT2D eigenvalue weighted by atomic mass is 10.0. The van der Waals surface area contributed by atoms with Gasteiger partial charge in [-0.1, -0.05) is 12.1 Å². The van der Waals surface area contributed by atoms with Gasteiger partial charge in [-0.25, -0.2) is 4.79 Å². The number of nitrogens with one attached hydrogen (secondary N) is 3. The van der Waals surface area contributed by atoms with Gasteiger partial charge in [0, 0.05) is 18.1 Å². The van der Waals surface area contributed by atoms with Crippen LogP contribution in [0.3, 0.4) is 0 Å². The lowest BCUT2D eigenvalue weighted by Crippen LogP contribution is -2.58. The summed E-state index contributed by atoms with van der Waals surface area (Å²) >= 11 is 7.95. The minimum absolute atomic E-state index is 0.0705. The van der Waals surface area contributed by atoms with Crippen LogP contribution in [0.2, 0.25) is 0 Å². The molecule has 0 radical (unpaired) electrons. The average molecular weight is 544 g/mol. The zero-order valence-corrected chi connectivity index (χ0v) is 21.3. The van der Waals surface area contributed by atoms with Crippen molar-refractivity contribution in [2.75, 3.05) is 18.1 Å². The molecular formula is C21H33N7O6S2. The van der Waals surface area contributed by atoms with E-state index in [2.05, 4.69) is 46.2 Å². The quantitative estimate of drug-likeness (QED) is 0.0495. The fraction of sp³-hybridized carbons (Fsp3) is 0.476. The first kappa shape index (κ1) is 30.9. The molecule has 200 valence electrons. The predicted molar refractivity (Wildman–Crippen MR) is 141 cm³/mol. The van der Waals surface area contributed by atoms with E-state index >= 15 is 0 Å². The van der Waals surface area contributed by atoms with Crippen LogP contribution >= 0.6 is 25.3 Å². The highest BCUT2D eigenvalue weighted by molar-refractivity contribution is 7.80. The van der Waals surface area contributed by atoms with E-state index in [1.165, 1.54) is 12.1 Å². The first-order chi connectivity index (χ1) is 17.0. The third-order valence-electron chi connectivity index (χ3n) is 4.92. The number of carbonyl (C=O) groups is 4. The van der Waals surface area contributed by atoms with Crippen LogP contribution in [-0.2, 0) is 25.6 Å². The molecule has 11 N–H and O–H groups in total. The summed E-state index contributed by atoms with van der Waals surface area (Å²) in [6.45, 7) is 0.195. The molecule has 0 bridgehead atoms. The molecule has 1 aromatic carbocycles. The number of amides is 3. The Morgan fingerprint density at radius 2 is 1.42 bits per heavy atom. The number of nitrogens with two attached hydrogens (primary N) is 3. The lowest BCUT2D eigenvalue weighted by Gasteiger charge is -2.24. The maximum atomic E-state index is 13.0. The summed E-state index contributed by atoms with van der Waals surface area (Å²) in [6, 6.07) is 1.64. The number of carboxylic acid groups (broad SMARTS) is 1. The smallest absolute Gasteiger partial charge is 0.327 e. The SMILES string of the molecule is NC(N)=NCCCC(NC(=O)C(N)Cc1ccc(O)cc1)C(=O)NC(CS)C(=O)NC(CS)C(=O)O. The maximum Gasteiger partial charge on any atom is 0.327 e. The van der Waals surface area contributed by atoms with Gasteiger partial charge in [-0.15, -0.1) is 0 Å². The van der Waals surface area contributed by atoms with Gasteiger partial charge in [-0.05, 0) is 37.0 Å².